The Balaban J connectivity index is 2.75. The van der Waals surface area contributed by atoms with Crippen LogP contribution in [0.4, 0.5) is 0 Å². The molecule has 0 bridgehead atoms. The van der Waals surface area contributed by atoms with Crippen LogP contribution in [-0.4, -0.2) is 10.2 Å². The molecular formula is C7H14Br2. The molecule has 9 heavy (non-hydrogen) atoms. The van der Waals surface area contributed by atoms with Crippen molar-refractivity contribution in [2.75, 3.05) is 5.33 Å². The molecule has 0 aromatic rings. The molecule has 1 unspecified atom stereocenters. The van der Waals surface area contributed by atoms with Crippen molar-refractivity contribution in [3.8, 4) is 0 Å². The molecular weight excluding hydrogens is 244 g/mol. The molecule has 1 atom stereocenters. The first-order valence-corrected chi connectivity index (χ1v) is 5.51. The van der Waals surface area contributed by atoms with E-state index in [-0.39, 0.29) is 0 Å². The Kier molecular flexibility index (Phi) is 7.83. The van der Waals surface area contributed by atoms with Crippen molar-refractivity contribution in [1.29, 1.82) is 0 Å². The van der Waals surface area contributed by atoms with Crippen LogP contribution in [0.5, 0.6) is 0 Å². The van der Waals surface area contributed by atoms with Crippen molar-refractivity contribution in [3.63, 3.8) is 0 Å². The second kappa shape index (κ2) is 7.07. The van der Waals surface area contributed by atoms with Crippen molar-refractivity contribution in [3.05, 3.63) is 0 Å². The van der Waals surface area contributed by atoms with Gasteiger partial charge in [0.25, 0.3) is 0 Å². The molecule has 0 fully saturated rings. The number of unbranched alkanes of at least 4 members (excludes halogenated alkanes) is 2. The van der Waals surface area contributed by atoms with Gasteiger partial charge in [0.2, 0.25) is 0 Å². The van der Waals surface area contributed by atoms with Gasteiger partial charge in [-0.15, -0.1) is 0 Å². The summed E-state index contributed by atoms with van der Waals surface area (Å²) in [6.07, 6.45) is 5.35. The number of rotatable bonds is 5. The van der Waals surface area contributed by atoms with E-state index in [4.69, 9.17) is 0 Å². The summed E-state index contributed by atoms with van der Waals surface area (Å²) >= 11 is 6.92. The zero-order valence-electron chi connectivity index (χ0n) is 5.87. The van der Waals surface area contributed by atoms with Crippen LogP contribution in [0.2, 0.25) is 0 Å². The molecule has 0 heterocycles. The largest absolute Gasteiger partial charge is 0.0928 e. The third kappa shape index (κ3) is 8.96. The minimum absolute atomic E-state index is 0.702. The van der Waals surface area contributed by atoms with E-state index in [2.05, 4.69) is 38.8 Å². The minimum Gasteiger partial charge on any atom is -0.0928 e. The average Bonchev–Trinajstić information content (AvgIpc) is 1.80. The van der Waals surface area contributed by atoms with Gasteiger partial charge >= 0.3 is 0 Å². The van der Waals surface area contributed by atoms with Gasteiger partial charge in [0.1, 0.15) is 0 Å². The lowest BCUT2D eigenvalue weighted by Crippen LogP contribution is -1.89. The molecule has 0 aromatic heterocycles. The van der Waals surface area contributed by atoms with Gasteiger partial charge in [0.05, 0.1) is 0 Å². The van der Waals surface area contributed by atoms with Crippen LogP contribution in [0.15, 0.2) is 0 Å². The zero-order chi connectivity index (χ0) is 7.11. The molecule has 0 rings (SSSR count). The Labute approximate surface area is 74.7 Å². The first kappa shape index (κ1) is 9.96. The Bertz CT molecular complexity index is 52.9. The highest BCUT2D eigenvalue weighted by Gasteiger charge is 1.93. The molecule has 0 spiro atoms. The van der Waals surface area contributed by atoms with Gasteiger partial charge in [-0.3, -0.25) is 0 Å². The third-order valence-corrected chi connectivity index (χ3v) is 2.25. The molecule has 0 aromatic carbocycles. The quantitative estimate of drug-likeness (QED) is 0.520. The first-order valence-electron chi connectivity index (χ1n) is 3.47. The highest BCUT2D eigenvalue weighted by atomic mass is 79.9. The van der Waals surface area contributed by atoms with Crippen LogP contribution < -0.4 is 0 Å². The molecule has 0 radical (unpaired) electrons. The lowest BCUT2D eigenvalue weighted by Gasteiger charge is -2.00. The molecule has 0 saturated carbocycles. The summed E-state index contributed by atoms with van der Waals surface area (Å²) in [5.41, 5.74) is 0. The number of hydrogen-bond donors (Lipinski definition) is 0. The van der Waals surface area contributed by atoms with E-state index in [1.807, 2.05) is 0 Å². The van der Waals surface area contributed by atoms with Crippen LogP contribution in [0, 0.1) is 0 Å². The smallest absolute Gasteiger partial charge is 0.0117 e. The van der Waals surface area contributed by atoms with Crippen LogP contribution >= 0.6 is 31.9 Å². The molecule has 0 aliphatic carbocycles. The van der Waals surface area contributed by atoms with E-state index in [0.29, 0.717) is 4.83 Å². The van der Waals surface area contributed by atoms with Crippen LogP contribution in [0.1, 0.15) is 32.6 Å². The zero-order valence-corrected chi connectivity index (χ0v) is 9.04. The molecule has 2 heteroatoms. The number of alkyl halides is 2. The van der Waals surface area contributed by atoms with E-state index >= 15 is 0 Å². The van der Waals surface area contributed by atoms with Crippen molar-refractivity contribution in [2.45, 2.75) is 37.4 Å². The van der Waals surface area contributed by atoms with Gasteiger partial charge in [0, 0.05) is 10.2 Å². The summed E-state index contributed by atoms with van der Waals surface area (Å²) in [7, 11) is 0. The van der Waals surface area contributed by atoms with E-state index < -0.39 is 0 Å². The van der Waals surface area contributed by atoms with E-state index in [1.54, 1.807) is 0 Å². The lowest BCUT2D eigenvalue weighted by molar-refractivity contribution is 0.673. The van der Waals surface area contributed by atoms with Crippen molar-refractivity contribution >= 4 is 31.9 Å². The van der Waals surface area contributed by atoms with Gasteiger partial charge in [0.15, 0.2) is 0 Å². The maximum Gasteiger partial charge on any atom is 0.0117 e. The van der Waals surface area contributed by atoms with Gasteiger partial charge in [-0.2, -0.15) is 0 Å². The Hall–Kier alpha value is 0.960. The van der Waals surface area contributed by atoms with Crippen molar-refractivity contribution in [1.82, 2.24) is 0 Å². The Morgan fingerprint density at radius 2 is 1.89 bits per heavy atom. The topological polar surface area (TPSA) is 0 Å². The molecule has 0 aliphatic rings. The predicted molar refractivity (Wildman–Crippen MR) is 50.7 cm³/mol. The fourth-order valence-corrected chi connectivity index (χ4v) is 1.42. The van der Waals surface area contributed by atoms with Crippen LogP contribution in [0.3, 0.4) is 0 Å². The second-order valence-corrected chi connectivity index (χ2v) is 4.68. The summed E-state index contributed by atoms with van der Waals surface area (Å²) in [6.45, 7) is 2.20. The summed E-state index contributed by atoms with van der Waals surface area (Å²) in [4.78, 5) is 0.702. The Morgan fingerprint density at radius 1 is 1.22 bits per heavy atom. The molecule has 0 aliphatic heterocycles. The van der Waals surface area contributed by atoms with Gasteiger partial charge < -0.3 is 0 Å². The summed E-state index contributed by atoms with van der Waals surface area (Å²) in [6, 6.07) is 0. The average molecular weight is 258 g/mol. The molecule has 0 amide bonds. The van der Waals surface area contributed by atoms with Gasteiger partial charge in [-0.25, -0.2) is 0 Å². The summed E-state index contributed by atoms with van der Waals surface area (Å²) in [5, 5.41) is 1.16. The lowest BCUT2D eigenvalue weighted by atomic mass is 10.2. The van der Waals surface area contributed by atoms with Gasteiger partial charge in [-0.05, 0) is 12.8 Å². The summed E-state index contributed by atoms with van der Waals surface area (Å²) < 4.78 is 0. The second-order valence-electron chi connectivity index (χ2n) is 2.32. The minimum atomic E-state index is 0.702. The van der Waals surface area contributed by atoms with E-state index in [1.165, 1.54) is 25.7 Å². The normalized spacial score (nSPS) is 13.7. The number of halogens is 2. The summed E-state index contributed by atoms with van der Waals surface area (Å²) in [5.74, 6) is 0. The predicted octanol–water partition coefficient (Wildman–Crippen LogP) is 3.73. The highest BCUT2D eigenvalue weighted by Crippen LogP contribution is 2.09. The standard InChI is InChI=1S/C7H14Br2/c1-7(9)5-3-2-4-6-8/h7H,2-6H2,1H3. The molecule has 56 valence electrons. The number of hydrogen-bond acceptors (Lipinski definition) is 0. The maximum atomic E-state index is 3.51. The Morgan fingerprint density at radius 3 is 2.33 bits per heavy atom. The monoisotopic (exact) mass is 256 g/mol. The van der Waals surface area contributed by atoms with E-state index in [9.17, 15) is 0 Å². The van der Waals surface area contributed by atoms with Crippen molar-refractivity contribution in [2.24, 2.45) is 0 Å². The van der Waals surface area contributed by atoms with Crippen LogP contribution in [-0.2, 0) is 0 Å². The SMILES string of the molecule is CC(Br)CCCCCBr. The molecule has 0 N–H and O–H groups in total. The van der Waals surface area contributed by atoms with E-state index in [0.717, 1.165) is 5.33 Å². The third-order valence-electron chi connectivity index (χ3n) is 1.24. The van der Waals surface area contributed by atoms with Crippen molar-refractivity contribution < 1.29 is 0 Å². The molecule has 0 saturated heterocycles. The molecule has 0 nitrogen and oxygen atoms in total. The highest BCUT2D eigenvalue weighted by molar-refractivity contribution is 9.09. The van der Waals surface area contributed by atoms with Crippen LogP contribution in [0.25, 0.3) is 0 Å². The first-order chi connectivity index (χ1) is 4.27. The maximum absolute atomic E-state index is 3.51. The fourth-order valence-electron chi connectivity index (χ4n) is 0.697. The fraction of sp³-hybridized carbons (Fsp3) is 1.00. The van der Waals surface area contributed by atoms with Gasteiger partial charge in [-0.1, -0.05) is 51.6 Å².